The van der Waals surface area contributed by atoms with Crippen molar-refractivity contribution < 1.29 is 15.0 Å². The summed E-state index contributed by atoms with van der Waals surface area (Å²) in [5.41, 5.74) is 0. The third-order valence-electron chi connectivity index (χ3n) is 11.6. The first-order valence-corrected chi connectivity index (χ1v) is 26.2. The molecule has 0 fully saturated rings. The lowest BCUT2D eigenvalue weighted by molar-refractivity contribution is -0.123. The van der Waals surface area contributed by atoms with E-state index in [2.05, 4.69) is 79.9 Å². The first-order valence-electron chi connectivity index (χ1n) is 26.2. The standard InChI is InChI=1S/C56H101NO3/c1-3-5-7-9-11-13-15-17-19-21-23-25-27-28-30-32-34-36-38-40-42-44-46-48-50-52-56(60)57-54(53-58)55(59)51-49-47-45-43-41-39-37-35-33-31-29-26-24-22-20-18-16-14-12-10-8-6-4-2/h15,17,21,23,27-28,33,35,41,43,49,51,54-55,58-59H,3-14,16,18-20,22,24-26,29-32,34,36-40,42,44-48,50,52-53H2,1-2H3,(H,57,60)/b17-15-,23-21-,28-27-,35-33+,43-41+,51-49+. The maximum atomic E-state index is 12.4. The largest absolute Gasteiger partial charge is 0.394 e. The molecule has 0 spiro atoms. The van der Waals surface area contributed by atoms with Gasteiger partial charge in [0.25, 0.3) is 0 Å². The van der Waals surface area contributed by atoms with Crippen molar-refractivity contribution in [3.05, 3.63) is 72.9 Å². The Labute approximate surface area is 374 Å². The van der Waals surface area contributed by atoms with Gasteiger partial charge in [0.05, 0.1) is 18.8 Å². The summed E-state index contributed by atoms with van der Waals surface area (Å²) >= 11 is 0. The SMILES string of the molecule is CCCCCCC/C=C\C/C=C\C/C=C\CCCCCCCCCCCCC(=O)NC(CO)C(O)/C=C/CC/C=C/CC/C=C/CCCCCCCCCCCCCCC. The Morgan fingerprint density at radius 2 is 0.700 bits per heavy atom. The van der Waals surface area contributed by atoms with Crippen LogP contribution in [-0.2, 0) is 4.79 Å². The van der Waals surface area contributed by atoms with Crippen molar-refractivity contribution >= 4 is 5.91 Å². The summed E-state index contributed by atoms with van der Waals surface area (Å²) < 4.78 is 0. The average molecular weight is 836 g/mol. The van der Waals surface area contributed by atoms with Crippen LogP contribution in [0.1, 0.15) is 258 Å². The molecule has 0 aliphatic carbocycles. The molecular weight excluding hydrogens is 735 g/mol. The molecule has 0 heterocycles. The van der Waals surface area contributed by atoms with Gasteiger partial charge in [-0.15, -0.1) is 0 Å². The fourth-order valence-electron chi connectivity index (χ4n) is 7.63. The number of hydrogen-bond donors (Lipinski definition) is 3. The molecule has 0 bridgehead atoms. The number of aliphatic hydroxyl groups is 2. The Morgan fingerprint density at radius 3 is 1.08 bits per heavy atom. The van der Waals surface area contributed by atoms with Crippen molar-refractivity contribution in [2.24, 2.45) is 0 Å². The van der Waals surface area contributed by atoms with Gasteiger partial charge >= 0.3 is 0 Å². The predicted molar refractivity (Wildman–Crippen MR) is 267 cm³/mol. The van der Waals surface area contributed by atoms with E-state index >= 15 is 0 Å². The van der Waals surface area contributed by atoms with E-state index in [9.17, 15) is 15.0 Å². The summed E-state index contributed by atoms with van der Waals surface area (Å²) in [4.78, 5) is 12.4. The molecule has 0 aromatic carbocycles. The van der Waals surface area contributed by atoms with Crippen LogP contribution >= 0.6 is 0 Å². The summed E-state index contributed by atoms with van der Waals surface area (Å²) in [6.07, 6.45) is 73.2. The predicted octanol–water partition coefficient (Wildman–Crippen LogP) is 17.0. The van der Waals surface area contributed by atoms with Crippen LogP contribution in [-0.4, -0.2) is 34.9 Å². The van der Waals surface area contributed by atoms with Crippen molar-refractivity contribution in [1.29, 1.82) is 0 Å². The second-order valence-corrected chi connectivity index (χ2v) is 17.6. The Bertz CT molecular complexity index is 1040. The summed E-state index contributed by atoms with van der Waals surface area (Å²) in [7, 11) is 0. The first kappa shape index (κ1) is 57.8. The third-order valence-corrected chi connectivity index (χ3v) is 11.6. The molecule has 2 unspecified atom stereocenters. The van der Waals surface area contributed by atoms with Crippen molar-refractivity contribution in [1.82, 2.24) is 5.32 Å². The molecule has 4 nitrogen and oxygen atoms in total. The van der Waals surface area contributed by atoms with Crippen molar-refractivity contribution in [3.8, 4) is 0 Å². The maximum Gasteiger partial charge on any atom is 0.220 e. The zero-order valence-corrected chi connectivity index (χ0v) is 40.0. The van der Waals surface area contributed by atoms with Gasteiger partial charge in [-0.05, 0) is 83.5 Å². The molecule has 2 atom stereocenters. The van der Waals surface area contributed by atoms with Gasteiger partial charge in [0, 0.05) is 6.42 Å². The van der Waals surface area contributed by atoms with Crippen molar-refractivity contribution in [2.75, 3.05) is 6.61 Å². The Balaban J connectivity index is 3.62. The minimum atomic E-state index is -0.876. The van der Waals surface area contributed by atoms with E-state index in [1.165, 1.54) is 186 Å². The topological polar surface area (TPSA) is 69.6 Å². The van der Waals surface area contributed by atoms with E-state index in [1.54, 1.807) is 6.08 Å². The van der Waals surface area contributed by atoms with Crippen LogP contribution in [0.15, 0.2) is 72.9 Å². The van der Waals surface area contributed by atoms with Gasteiger partial charge in [0.2, 0.25) is 5.91 Å². The molecule has 1 amide bonds. The highest BCUT2D eigenvalue weighted by molar-refractivity contribution is 5.76. The highest BCUT2D eigenvalue weighted by Crippen LogP contribution is 2.15. The average Bonchev–Trinajstić information content (AvgIpc) is 3.25. The summed E-state index contributed by atoms with van der Waals surface area (Å²) in [6, 6.07) is -0.652. The molecule has 0 saturated heterocycles. The van der Waals surface area contributed by atoms with Crippen LogP contribution in [0.25, 0.3) is 0 Å². The highest BCUT2D eigenvalue weighted by Gasteiger charge is 2.17. The van der Waals surface area contributed by atoms with E-state index in [1.807, 2.05) is 6.08 Å². The fraction of sp³-hybridized carbons (Fsp3) is 0.768. The molecule has 0 aliphatic rings. The quantitative estimate of drug-likeness (QED) is 0.0422. The minimum absolute atomic E-state index is 0.0827. The molecule has 0 rings (SSSR count). The lowest BCUT2D eigenvalue weighted by Gasteiger charge is -2.19. The molecule has 0 aliphatic heterocycles. The number of amides is 1. The smallest absolute Gasteiger partial charge is 0.220 e. The maximum absolute atomic E-state index is 12.4. The lowest BCUT2D eigenvalue weighted by atomic mass is 10.0. The first-order chi connectivity index (χ1) is 29.7. The van der Waals surface area contributed by atoms with Gasteiger partial charge in [-0.3, -0.25) is 4.79 Å². The molecule has 3 N–H and O–H groups in total. The summed E-state index contributed by atoms with van der Waals surface area (Å²) in [6.45, 7) is 4.29. The Morgan fingerprint density at radius 1 is 0.400 bits per heavy atom. The summed E-state index contributed by atoms with van der Waals surface area (Å²) in [5, 5.41) is 23.1. The summed E-state index contributed by atoms with van der Waals surface area (Å²) in [5.74, 6) is -0.0827. The minimum Gasteiger partial charge on any atom is -0.394 e. The van der Waals surface area contributed by atoms with Gasteiger partial charge < -0.3 is 15.5 Å². The molecule has 0 radical (unpaired) electrons. The van der Waals surface area contributed by atoms with Crippen LogP contribution in [0, 0.1) is 0 Å². The molecule has 60 heavy (non-hydrogen) atoms. The zero-order chi connectivity index (χ0) is 43.5. The van der Waals surface area contributed by atoms with E-state index < -0.39 is 12.1 Å². The highest BCUT2D eigenvalue weighted by atomic mass is 16.3. The van der Waals surface area contributed by atoms with Crippen LogP contribution < -0.4 is 5.32 Å². The second-order valence-electron chi connectivity index (χ2n) is 17.6. The molecule has 0 saturated carbocycles. The van der Waals surface area contributed by atoms with Crippen LogP contribution in [0.2, 0.25) is 0 Å². The van der Waals surface area contributed by atoms with Crippen LogP contribution in [0.3, 0.4) is 0 Å². The number of carbonyl (C=O) groups excluding carboxylic acids is 1. The second kappa shape index (κ2) is 51.2. The lowest BCUT2D eigenvalue weighted by Crippen LogP contribution is -2.45. The molecule has 348 valence electrons. The molecule has 0 aromatic heterocycles. The van der Waals surface area contributed by atoms with E-state index in [4.69, 9.17) is 0 Å². The van der Waals surface area contributed by atoms with Gasteiger partial charge in [0.1, 0.15) is 0 Å². The van der Waals surface area contributed by atoms with Crippen LogP contribution in [0.4, 0.5) is 0 Å². The van der Waals surface area contributed by atoms with Gasteiger partial charge in [-0.25, -0.2) is 0 Å². The molecule has 0 aromatic rings. The normalized spacial score (nSPS) is 13.5. The number of hydrogen-bond acceptors (Lipinski definition) is 3. The Hall–Kier alpha value is -2.17. The fourth-order valence-corrected chi connectivity index (χ4v) is 7.63. The molecule has 4 heteroatoms. The van der Waals surface area contributed by atoms with Crippen molar-refractivity contribution in [3.63, 3.8) is 0 Å². The number of nitrogens with one attached hydrogen (secondary N) is 1. The number of rotatable bonds is 47. The monoisotopic (exact) mass is 836 g/mol. The van der Waals surface area contributed by atoms with Crippen molar-refractivity contribution in [2.45, 2.75) is 270 Å². The van der Waals surface area contributed by atoms with E-state index in [0.29, 0.717) is 6.42 Å². The number of allylic oxidation sites excluding steroid dienone is 11. The van der Waals surface area contributed by atoms with Gasteiger partial charge in [-0.2, -0.15) is 0 Å². The van der Waals surface area contributed by atoms with Gasteiger partial charge in [0.15, 0.2) is 0 Å². The van der Waals surface area contributed by atoms with Gasteiger partial charge in [-0.1, -0.05) is 241 Å². The zero-order valence-electron chi connectivity index (χ0n) is 40.0. The number of aliphatic hydroxyl groups excluding tert-OH is 2. The van der Waals surface area contributed by atoms with E-state index in [0.717, 1.165) is 51.4 Å². The Kier molecular flexibility index (Phi) is 49.3. The van der Waals surface area contributed by atoms with E-state index in [-0.39, 0.29) is 12.5 Å². The molecular formula is C56H101NO3. The number of unbranched alkanes of at least 4 members (excludes halogenated alkanes) is 30. The third kappa shape index (κ3) is 46.9. The van der Waals surface area contributed by atoms with Crippen LogP contribution in [0.5, 0.6) is 0 Å². The number of carbonyl (C=O) groups is 1.